The van der Waals surface area contributed by atoms with Gasteiger partial charge in [0, 0.05) is 21.1 Å². The third-order valence-corrected chi connectivity index (χ3v) is 0.953. The van der Waals surface area contributed by atoms with Gasteiger partial charge in [-0.3, -0.25) is 0 Å². The van der Waals surface area contributed by atoms with Crippen LogP contribution < -0.4 is 0 Å². The summed E-state index contributed by atoms with van der Waals surface area (Å²) in [4.78, 5) is 0. The molecule has 0 atom stereocenters. The van der Waals surface area contributed by atoms with Crippen molar-refractivity contribution in [1.82, 2.24) is 0 Å². The van der Waals surface area contributed by atoms with Crippen LogP contribution in [0.2, 0.25) is 0 Å². The molecular formula is C8H7Pt-. The minimum atomic E-state index is 0. The molecule has 1 rings (SSSR count). The summed E-state index contributed by atoms with van der Waals surface area (Å²) in [6.07, 6.45) is 1.78. The summed E-state index contributed by atoms with van der Waals surface area (Å²) < 4.78 is 0. The Morgan fingerprint density at radius 3 is 2.56 bits per heavy atom. The molecule has 0 aliphatic rings. The molecule has 0 saturated carbocycles. The Morgan fingerprint density at radius 1 is 1.44 bits per heavy atom. The van der Waals surface area contributed by atoms with E-state index in [-0.39, 0.29) is 21.1 Å². The molecule has 0 fully saturated rings. The normalized spacial score (nSPS) is 7.56. The molecule has 0 N–H and O–H groups in total. The smallest absolute Gasteiger partial charge is 0 e. The fraction of sp³-hybridized carbons (Fsp3) is 0. The topological polar surface area (TPSA) is 0 Å². The number of hydrogen-bond acceptors (Lipinski definition) is 0. The van der Waals surface area contributed by atoms with Gasteiger partial charge in [0.15, 0.2) is 0 Å². The molecular weight excluding hydrogens is 291 g/mol. The molecule has 0 aliphatic heterocycles. The summed E-state index contributed by atoms with van der Waals surface area (Å²) in [5, 5.41) is 0. The maximum atomic E-state index is 3.60. The van der Waals surface area contributed by atoms with E-state index in [4.69, 9.17) is 0 Å². The Labute approximate surface area is 69.9 Å². The number of rotatable bonds is 1. The van der Waals surface area contributed by atoms with E-state index in [0.717, 1.165) is 5.56 Å². The van der Waals surface area contributed by atoms with Gasteiger partial charge in [-0.2, -0.15) is 5.56 Å². The molecule has 0 saturated heterocycles. The Hall–Kier alpha value is -0.352. The maximum absolute atomic E-state index is 3.60. The van der Waals surface area contributed by atoms with Crippen LogP contribution in [0.25, 0.3) is 6.08 Å². The molecule has 0 aromatic heterocycles. The molecule has 0 amide bonds. The fourth-order valence-corrected chi connectivity index (χ4v) is 0.534. The second-order valence-electron chi connectivity index (χ2n) is 1.52. The van der Waals surface area contributed by atoms with Gasteiger partial charge in [-0.05, 0) is 0 Å². The van der Waals surface area contributed by atoms with Crippen LogP contribution in [-0.2, 0) is 21.1 Å². The largest absolute Gasteiger partial charge is 0.151 e. The fourth-order valence-electron chi connectivity index (χ4n) is 0.534. The van der Waals surface area contributed by atoms with E-state index < -0.39 is 0 Å². The Bertz CT molecular complexity index is 167. The predicted octanol–water partition coefficient (Wildman–Crippen LogP) is 2.13. The van der Waals surface area contributed by atoms with Gasteiger partial charge in [0.1, 0.15) is 0 Å². The minimum Gasteiger partial charge on any atom is -0.151 e. The summed E-state index contributed by atoms with van der Waals surface area (Å²) in [5.41, 5.74) is 1.05. The van der Waals surface area contributed by atoms with Crippen LogP contribution in [-0.4, -0.2) is 0 Å². The minimum absolute atomic E-state index is 0. The van der Waals surface area contributed by atoms with Crippen LogP contribution in [0.3, 0.4) is 0 Å². The van der Waals surface area contributed by atoms with Crippen LogP contribution in [0.4, 0.5) is 0 Å². The molecule has 1 aromatic carbocycles. The maximum Gasteiger partial charge on any atom is 0 e. The average molecular weight is 298 g/mol. The van der Waals surface area contributed by atoms with Crippen LogP contribution in [0.1, 0.15) is 5.56 Å². The van der Waals surface area contributed by atoms with Crippen molar-refractivity contribution in [3.05, 3.63) is 42.5 Å². The molecule has 0 nitrogen and oxygen atoms in total. The standard InChI is InChI=1S/C8H7.Pt/c1-2-8-6-4-3-5-7-8;/h2-6H,1H2;/q-1;. The summed E-state index contributed by atoms with van der Waals surface area (Å²) in [6, 6.07) is 10.7. The van der Waals surface area contributed by atoms with Crippen LogP contribution >= 0.6 is 0 Å². The van der Waals surface area contributed by atoms with Gasteiger partial charge in [0.05, 0.1) is 0 Å². The molecule has 1 heteroatoms. The molecule has 0 radical (unpaired) electrons. The summed E-state index contributed by atoms with van der Waals surface area (Å²) >= 11 is 0. The molecule has 0 bridgehead atoms. The van der Waals surface area contributed by atoms with Crippen molar-refractivity contribution in [2.75, 3.05) is 0 Å². The zero-order valence-electron chi connectivity index (χ0n) is 4.91. The van der Waals surface area contributed by atoms with Crippen molar-refractivity contribution in [2.45, 2.75) is 0 Å². The van der Waals surface area contributed by atoms with Gasteiger partial charge in [-0.25, -0.2) is 0 Å². The van der Waals surface area contributed by atoms with Gasteiger partial charge < -0.3 is 0 Å². The van der Waals surface area contributed by atoms with Gasteiger partial charge in [0.25, 0.3) is 0 Å². The molecule has 9 heavy (non-hydrogen) atoms. The summed E-state index contributed by atoms with van der Waals surface area (Å²) in [7, 11) is 0. The van der Waals surface area contributed by atoms with Crippen molar-refractivity contribution in [2.24, 2.45) is 0 Å². The van der Waals surface area contributed by atoms with E-state index in [0.29, 0.717) is 0 Å². The first kappa shape index (κ1) is 8.65. The SMILES string of the molecule is C=Cc1[c-]cccc1.[Pt]. The number of hydrogen-bond donors (Lipinski definition) is 0. The van der Waals surface area contributed by atoms with E-state index in [1.165, 1.54) is 0 Å². The summed E-state index contributed by atoms with van der Waals surface area (Å²) in [6.45, 7) is 3.60. The Morgan fingerprint density at radius 2 is 2.22 bits per heavy atom. The van der Waals surface area contributed by atoms with Crippen molar-refractivity contribution in [1.29, 1.82) is 0 Å². The van der Waals surface area contributed by atoms with E-state index >= 15 is 0 Å². The van der Waals surface area contributed by atoms with Crippen LogP contribution in [0, 0.1) is 6.07 Å². The van der Waals surface area contributed by atoms with Gasteiger partial charge in [-0.1, -0.05) is 0 Å². The molecule has 0 spiro atoms. The van der Waals surface area contributed by atoms with E-state index in [2.05, 4.69) is 12.6 Å². The molecule has 0 aliphatic carbocycles. The molecule has 0 heterocycles. The van der Waals surface area contributed by atoms with E-state index in [1.54, 1.807) is 6.08 Å². The monoisotopic (exact) mass is 298 g/mol. The van der Waals surface area contributed by atoms with Gasteiger partial charge in [0.2, 0.25) is 0 Å². The first-order valence-electron chi connectivity index (χ1n) is 2.52. The first-order valence-corrected chi connectivity index (χ1v) is 2.52. The Kier molecular flexibility index (Phi) is 4.34. The van der Waals surface area contributed by atoms with Crippen LogP contribution in [0.15, 0.2) is 30.8 Å². The molecule has 1 aromatic rings. The molecule has 50 valence electrons. The second kappa shape index (κ2) is 4.52. The van der Waals surface area contributed by atoms with E-state index in [9.17, 15) is 0 Å². The van der Waals surface area contributed by atoms with Crippen molar-refractivity contribution in [3.63, 3.8) is 0 Å². The predicted molar refractivity (Wildman–Crippen MR) is 35.4 cm³/mol. The Balaban J connectivity index is 0.000000640. The number of benzene rings is 1. The van der Waals surface area contributed by atoms with Gasteiger partial charge in [-0.15, -0.1) is 43.0 Å². The first-order chi connectivity index (χ1) is 3.93. The van der Waals surface area contributed by atoms with Crippen molar-refractivity contribution >= 4 is 6.08 Å². The third kappa shape index (κ3) is 2.62. The second-order valence-corrected chi connectivity index (χ2v) is 1.52. The third-order valence-electron chi connectivity index (χ3n) is 0.953. The van der Waals surface area contributed by atoms with Crippen molar-refractivity contribution < 1.29 is 21.1 Å². The van der Waals surface area contributed by atoms with Gasteiger partial charge >= 0.3 is 0 Å². The quantitative estimate of drug-likeness (QED) is 0.697. The van der Waals surface area contributed by atoms with E-state index in [1.807, 2.05) is 24.3 Å². The average Bonchev–Trinajstić information content (AvgIpc) is 1.90. The van der Waals surface area contributed by atoms with Crippen LogP contribution in [0.5, 0.6) is 0 Å². The summed E-state index contributed by atoms with van der Waals surface area (Å²) in [5.74, 6) is 0. The zero-order valence-corrected chi connectivity index (χ0v) is 7.18. The zero-order chi connectivity index (χ0) is 5.82. The molecule has 0 unspecified atom stereocenters. The van der Waals surface area contributed by atoms with Crippen molar-refractivity contribution in [3.8, 4) is 0 Å².